The van der Waals surface area contributed by atoms with Gasteiger partial charge in [-0.15, -0.1) is 0 Å². The van der Waals surface area contributed by atoms with E-state index in [1.165, 1.54) is 11.8 Å². The molecule has 0 spiro atoms. The van der Waals surface area contributed by atoms with Crippen LogP contribution >= 0.6 is 11.8 Å². The first-order valence-corrected chi connectivity index (χ1v) is 6.34. The number of primary amides is 1. The fourth-order valence-corrected chi connectivity index (χ4v) is 1.85. The summed E-state index contributed by atoms with van der Waals surface area (Å²) in [5, 5.41) is 3.45. The maximum Gasteiger partial charge on any atom is 0.217 e. The second kappa shape index (κ2) is 7.49. The van der Waals surface area contributed by atoms with Crippen LogP contribution in [-0.4, -0.2) is 34.6 Å². The number of nitrogens with one attached hydrogen (secondary N) is 1. The van der Waals surface area contributed by atoms with Crippen LogP contribution in [0, 0.1) is 0 Å². The normalized spacial score (nSPS) is 11.3. The molecule has 1 heterocycles. The van der Waals surface area contributed by atoms with Gasteiger partial charge in [0.1, 0.15) is 5.82 Å². The molecule has 8 heteroatoms. The first kappa shape index (κ1) is 14.2. The van der Waals surface area contributed by atoms with Gasteiger partial charge in [0.25, 0.3) is 0 Å². The van der Waals surface area contributed by atoms with Crippen molar-refractivity contribution in [3.05, 3.63) is 12.3 Å². The van der Waals surface area contributed by atoms with Gasteiger partial charge in [0, 0.05) is 25.4 Å². The highest BCUT2D eigenvalue weighted by Crippen LogP contribution is 2.15. The zero-order valence-electron chi connectivity index (χ0n) is 10.1. The summed E-state index contributed by atoms with van der Waals surface area (Å²) in [6.07, 6.45) is 2.72. The first-order chi connectivity index (χ1) is 8.61. The number of anilines is 1. The van der Waals surface area contributed by atoms with E-state index in [-0.39, 0.29) is 5.91 Å². The molecule has 7 nitrogen and oxygen atoms in total. The summed E-state index contributed by atoms with van der Waals surface area (Å²) in [4.78, 5) is 22.7. The Bertz CT molecular complexity index is 436. The number of carbonyl (C=O) groups is 1. The third-order valence-electron chi connectivity index (χ3n) is 1.93. The number of nitrogens with zero attached hydrogens (tertiary/aromatic N) is 3. The van der Waals surface area contributed by atoms with E-state index in [2.05, 4.69) is 20.3 Å². The first-order valence-electron chi connectivity index (χ1n) is 5.35. The highest BCUT2D eigenvalue weighted by Gasteiger charge is 2.02. The molecule has 0 aromatic carbocycles. The lowest BCUT2D eigenvalue weighted by Gasteiger charge is -2.05. The van der Waals surface area contributed by atoms with E-state index in [0.717, 1.165) is 5.75 Å². The van der Waals surface area contributed by atoms with E-state index in [1.54, 1.807) is 19.3 Å². The third-order valence-corrected chi connectivity index (χ3v) is 2.88. The number of nitrogens with two attached hydrogens (primary N) is 2. The second-order valence-corrected chi connectivity index (χ2v) is 4.44. The highest BCUT2D eigenvalue weighted by atomic mass is 32.2. The minimum atomic E-state index is -0.293. The lowest BCUT2D eigenvalue weighted by atomic mass is 10.3. The van der Waals surface area contributed by atoms with Gasteiger partial charge in [0.05, 0.1) is 0 Å². The van der Waals surface area contributed by atoms with Gasteiger partial charge in [-0.1, -0.05) is 11.8 Å². The van der Waals surface area contributed by atoms with Gasteiger partial charge in [-0.25, -0.2) is 9.97 Å². The molecule has 0 atom stereocenters. The van der Waals surface area contributed by atoms with Crippen LogP contribution in [0.15, 0.2) is 22.4 Å². The van der Waals surface area contributed by atoms with Crippen molar-refractivity contribution in [2.75, 3.05) is 18.1 Å². The molecule has 1 aromatic heterocycles. The molecule has 0 unspecified atom stereocenters. The molecule has 1 amide bonds. The fraction of sp³-hybridized carbons (Fsp3) is 0.400. The molecule has 18 heavy (non-hydrogen) atoms. The van der Waals surface area contributed by atoms with Crippen LogP contribution in [0.5, 0.6) is 0 Å². The number of rotatable bonds is 6. The summed E-state index contributed by atoms with van der Waals surface area (Å²) < 4.78 is 0. The Morgan fingerprint density at radius 3 is 3.00 bits per heavy atom. The van der Waals surface area contributed by atoms with Crippen LogP contribution in [0.25, 0.3) is 0 Å². The molecule has 0 fully saturated rings. The molecule has 98 valence electrons. The smallest absolute Gasteiger partial charge is 0.217 e. The number of amides is 1. The van der Waals surface area contributed by atoms with E-state index in [4.69, 9.17) is 11.5 Å². The van der Waals surface area contributed by atoms with Gasteiger partial charge in [-0.2, -0.15) is 0 Å². The van der Waals surface area contributed by atoms with Crippen molar-refractivity contribution in [2.45, 2.75) is 18.0 Å². The Labute approximate surface area is 109 Å². The third kappa shape index (κ3) is 5.48. The lowest BCUT2D eigenvalue weighted by Crippen LogP contribution is -2.22. The van der Waals surface area contributed by atoms with Gasteiger partial charge < -0.3 is 16.8 Å². The summed E-state index contributed by atoms with van der Waals surface area (Å²) in [6, 6.07) is 1.70. The maximum atomic E-state index is 10.6. The predicted octanol–water partition coefficient (Wildman–Crippen LogP) is 0.191. The number of thioether (sulfide) groups is 1. The van der Waals surface area contributed by atoms with Crippen LogP contribution in [0.1, 0.15) is 12.8 Å². The molecule has 1 aromatic rings. The summed E-state index contributed by atoms with van der Waals surface area (Å²) in [6.45, 7) is 0. The minimum Gasteiger partial charge on any atom is -0.370 e. The Balaban J connectivity index is 2.46. The Hall–Kier alpha value is -1.83. The molecule has 0 aliphatic carbocycles. The number of aromatic nitrogens is 2. The predicted molar refractivity (Wildman–Crippen MR) is 72.4 cm³/mol. The van der Waals surface area contributed by atoms with Crippen molar-refractivity contribution in [3.63, 3.8) is 0 Å². The second-order valence-electron chi connectivity index (χ2n) is 3.38. The van der Waals surface area contributed by atoms with E-state index >= 15 is 0 Å². The molecule has 0 aliphatic heterocycles. The number of aliphatic imine (C=N–C) groups is 1. The van der Waals surface area contributed by atoms with Gasteiger partial charge in [-0.3, -0.25) is 9.79 Å². The number of hydrogen-bond acceptors (Lipinski definition) is 5. The summed E-state index contributed by atoms with van der Waals surface area (Å²) >= 11 is 1.46. The average Bonchev–Trinajstić information content (AvgIpc) is 2.35. The molecule has 0 saturated carbocycles. The molecular formula is C10H16N6OS. The topological polar surface area (TPSA) is 119 Å². The highest BCUT2D eigenvalue weighted by molar-refractivity contribution is 7.99. The van der Waals surface area contributed by atoms with Crippen LogP contribution < -0.4 is 16.8 Å². The van der Waals surface area contributed by atoms with Crippen molar-refractivity contribution < 1.29 is 4.79 Å². The summed E-state index contributed by atoms with van der Waals surface area (Å²) in [7, 11) is 1.59. The fourth-order valence-electron chi connectivity index (χ4n) is 1.08. The minimum absolute atomic E-state index is 0.290. The Morgan fingerprint density at radius 1 is 1.56 bits per heavy atom. The molecule has 0 radical (unpaired) electrons. The molecule has 0 aliphatic rings. The van der Waals surface area contributed by atoms with Crippen molar-refractivity contribution in [2.24, 2.45) is 16.5 Å². The Morgan fingerprint density at radius 2 is 2.33 bits per heavy atom. The number of carbonyl (C=O) groups excluding carboxylic acids is 1. The van der Waals surface area contributed by atoms with Crippen LogP contribution in [-0.2, 0) is 4.79 Å². The molecule has 0 saturated heterocycles. The van der Waals surface area contributed by atoms with Gasteiger partial charge in [0.2, 0.25) is 5.91 Å². The van der Waals surface area contributed by atoms with Gasteiger partial charge in [0.15, 0.2) is 11.1 Å². The van der Waals surface area contributed by atoms with Crippen molar-refractivity contribution in [3.8, 4) is 0 Å². The van der Waals surface area contributed by atoms with E-state index in [9.17, 15) is 4.79 Å². The monoisotopic (exact) mass is 268 g/mol. The molecule has 1 rings (SSSR count). The van der Waals surface area contributed by atoms with Crippen LogP contribution in [0.3, 0.4) is 0 Å². The molecular weight excluding hydrogens is 252 g/mol. The van der Waals surface area contributed by atoms with E-state index < -0.39 is 0 Å². The maximum absolute atomic E-state index is 10.6. The number of hydrogen-bond donors (Lipinski definition) is 3. The Kier molecular flexibility index (Phi) is 5.92. The summed E-state index contributed by atoms with van der Waals surface area (Å²) in [5.41, 5.74) is 10.6. The molecule has 5 N–H and O–H groups in total. The van der Waals surface area contributed by atoms with Crippen LogP contribution in [0.2, 0.25) is 0 Å². The summed E-state index contributed by atoms with van der Waals surface area (Å²) in [5.74, 6) is 1.33. The standard InChI is InChI=1S/C10H16N6OS/c1-13-9(12)15-8-4-5-14-10(16-8)18-6-2-3-7(11)17/h4-5H,2-3,6H2,1H3,(H2,11,17)(H3,12,13,14,15,16). The van der Waals surface area contributed by atoms with E-state index in [0.29, 0.717) is 29.8 Å². The van der Waals surface area contributed by atoms with Crippen molar-refractivity contribution in [1.82, 2.24) is 9.97 Å². The quantitative estimate of drug-likeness (QED) is 0.223. The SMILES string of the molecule is CN=C(N)Nc1ccnc(SCCCC(N)=O)n1. The van der Waals surface area contributed by atoms with Crippen LogP contribution in [0.4, 0.5) is 5.82 Å². The zero-order valence-corrected chi connectivity index (χ0v) is 10.9. The van der Waals surface area contributed by atoms with Crippen molar-refractivity contribution >= 4 is 29.4 Å². The largest absolute Gasteiger partial charge is 0.370 e. The number of guanidine groups is 1. The van der Waals surface area contributed by atoms with Crippen molar-refractivity contribution in [1.29, 1.82) is 0 Å². The zero-order chi connectivity index (χ0) is 13.4. The lowest BCUT2D eigenvalue weighted by molar-refractivity contribution is -0.118. The van der Waals surface area contributed by atoms with Gasteiger partial charge >= 0.3 is 0 Å². The van der Waals surface area contributed by atoms with E-state index in [1.807, 2.05) is 0 Å². The van der Waals surface area contributed by atoms with Gasteiger partial charge in [-0.05, 0) is 12.5 Å². The molecule has 0 bridgehead atoms. The average molecular weight is 268 g/mol.